The Morgan fingerprint density at radius 1 is 1.33 bits per heavy atom. The second kappa shape index (κ2) is 8.29. The molecule has 2 rings (SSSR count). The van der Waals surface area contributed by atoms with E-state index in [0.717, 1.165) is 23.2 Å². The fourth-order valence-corrected chi connectivity index (χ4v) is 3.29. The number of rotatable bonds is 7. The molecule has 0 radical (unpaired) electrons. The molecular formula is C16H19BrN2OS. The van der Waals surface area contributed by atoms with E-state index in [9.17, 15) is 4.79 Å². The van der Waals surface area contributed by atoms with Crippen LogP contribution in [0.25, 0.3) is 0 Å². The minimum absolute atomic E-state index is 0.0113. The molecule has 0 spiro atoms. The number of thioether (sulfide) groups is 1. The largest absolute Gasteiger partial charge is 0.350 e. The monoisotopic (exact) mass is 366 g/mol. The minimum atomic E-state index is -0.0113. The lowest BCUT2D eigenvalue weighted by Crippen LogP contribution is -2.27. The van der Waals surface area contributed by atoms with Gasteiger partial charge in [0.1, 0.15) is 5.69 Å². The van der Waals surface area contributed by atoms with Crippen molar-refractivity contribution in [3.8, 4) is 0 Å². The molecule has 1 aromatic heterocycles. The van der Waals surface area contributed by atoms with E-state index in [0.29, 0.717) is 12.2 Å². The van der Waals surface area contributed by atoms with Gasteiger partial charge in [0.25, 0.3) is 5.91 Å². The average Bonchev–Trinajstić information content (AvgIpc) is 2.86. The number of aromatic nitrogens is 1. The molecule has 0 saturated heterocycles. The molecule has 0 saturated carbocycles. The third kappa shape index (κ3) is 4.93. The fourth-order valence-electron chi connectivity index (χ4n) is 2.03. The average molecular weight is 367 g/mol. The molecule has 5 heteroatoms. The van der Waals surface area contributed by atoms with Gasteiger partial charge in [0.2, 0.25) is 0 Å². The Morgan fingerprint density at radius 3 is 2.81 bits per heavy atom. The van der Waals surface area contributed by atoms with Crippen LogP contribution in [0.5, 0.6) is 0 Å². The zero-order valence-electron chi connectivity index (χ0n) is 12.0. The highest BCUT2D eigenvalue weighted by molar-refractivity contribution is 9.10. The summed E-state index contributed by atoms with van der Waals surface area (Å²) in [7, 11) is 0. The number of aryl methyl sites for hydroxylation is 1. The van der Waals surface area contributed by atoms with Crippen molar-refractivity contribution in [3.63, 3.8) is 0 Å². The molecule has 0 unspecified atom stereocenters. The Kier molecular flexibility index (Phi) is 6.39. The first-order valence-electron chi connectivity index (χ1n) is 7.02. The van der Waals surface area contributed by atoms with Gasteiger partial charge in [0.05, 0.1) is 0 Å². The number of hydrogen-bond acceptors (Lipinski definition) is 2. The van der Waals surface area contributed by atoms with Crippen LogP contribution in [-0.4, -0.2) is 22.8 Å². The summed E-state index contributed by atoms with van der Waals surface area (Å²) in [6, 6.07) is 12.1. The van der Waals surface area contributed by atoms with Gasteiger partial charge < -0.3 is 9.88 Å². The fraction of sp³-hybridized carbons (Fsp3) is 0.312. The Hall–Kier alpha value is -1.20. The molecule has 2 aromatic rings. The van der Waals surface area contributed by atoms with Gasteiger partial charge in [-0.1, -0.05) is 25.1 Å². The Labute approximate surface area is 138 Å². The van der Waals surface area contributed by atoms with Gasteiger partial charge in [0, 0.05) is 34.4 Å². The SMILES string of the molecule is CCCn1cc(Br)cc1C(=O)NCCSc1ccccc1. The van der Waals surface area contributed by atoms with Crippen LogP contribution in [0, 0.1) is 0 Å². The van der Waals surface area contributed by atoms with Crippen LogP contribution in [0.15, 0.2) is 52.0 Å². The molecule has 0 aliphatic rings. The van der Waals surface area contributed by atoms with E-state index in [2.05, 4.69) is 40.3 Å². The van der Waals surface area contributed by atoms with Crippen LogP contribution in [0.4, 0.5) is 0 Å². The van der Waals surface area contributed by atoms with Crippen molar-refractivity contribution in [3.05, 3.63) is 52.8 Å². The van der Waals surface area contributed by atoms with E-state index in [1.54, 1.807) is 11.8 Å². The van der Waals surface area contributed by atoms with Crippen LogP contribution in [0.1, 0.15) is 23.8 Å². The van der Waals surface area contributed by atoms with Gasteiger partial charge in [-0.25, -0.2) is 0 Å². The smallest absolute Gasteiger partial charge is 0.267 e. The van der Waals surface area contributed by atoms with Gasteiger partial charge in [-0.2, -0.15) is 0 Å². The zero-order chi connectivity index (χ0) is 15.1. The summed E-state index contributed by atoms with van der Waals surface area (Å²) in [5, 5.41) is 2.98. The topological polar surface area (TPSA) is 34.0 Å². The van der Waals surface area contributed by atoms with E-state index in [4.69, 9.17) is 0 Å². The summed E-state index contributed by atoms with van der Waals surface area (Å²) in [5.41, 5.74) is 0.716. The standard InChI is InChI=1S/C16H19BrN2OS/c1-2-9-19-12-13(17)11-15(19)16(20)18-8-10-21-14-6-4-3-5-7-14/h3-7,11-12H,2,8-10H2,1H3,(H,18,20). The molecule has 0 aliphatic carbocycles. The van der Waals surface area contributed by atoms with Crippen molar-refractivity contribution in [2.24, 2.45) is 0 Å². The number of benzene rings is 1. The number of amides is 1. The minimum Gasteiger partial charge on any atom is -0.350 e. The maximum Gasteiger partial charge on any atom is 0.267 e. The summed E-state index contributed by atoms with van der Waals surface area (Å²) >= 11 is 5.18. The van der Waals surface area contributed by atoms with E-state index in [-0.39, 0.29) is 5.91 Å². The van der Waals surface area contributed by atoms with Crippen LogP contribution >= 0.6 is 27.7 Å². The highest BCUT2D eigenvalue weighted by atomic mass is 79.9. The van der Waals surface area contributed by atoms with E-state index in [1.807, 2.05) is 35.0 Å². The summed E-state index contributed by atoms with van der Waals surface area (Å²) in [6.45, 7) is 3.62. The third-order valence-corrected chi connectivity index (χ3v) is 4.41. The number of halogens is 1. The van der Waals surface area contributed by atoms with Gasteiger partial charge in [-0.05, 0) is 40.5 Å². The van der Waals surface area contributed by atoms with Crippen LogP contribution in [0.2, 0.25) is 0 Å². The lowest BCUT2D eigenvalue weighted by atomic mass is 10.4. The van der Waals surface area contributed by atoms with Gasteiger partial charge >= 0.3 is 0 Å². The molecule has 0 fully saturated rings. The second-order valence-electron chi connectivity index (χ2n) is 4.65. The van der Waals surface area contributed by atoms with Crippen molar-refractivity contribution in [2.45, 2.75) is 24.8 Å². The molecule has 112 valence electrons. The number of carbonyl (C=O) groups is 1. The summed E-state index contributed by atoms with van der Waals surface area (Å²) in [6.07, 6.45) is 2.96. The number of carbonyl (C=O) groups excluding carboxylic acids is 1. The lowest BCUT2D eigenvalue weighted by molar-refractivity contribution is 0.0947. The Balaban J connectivity index is 1.82. The highest BCUT2D eigenvalue weighted by Crippen LogP contribution is 2.17. The third-order valence-electron chi connectivity index (χ3n) is 2.96. The van der Waals surface area contributed by atoms with Gasteiger partial charge in [-0.15, -0.1) is 11.8 Å². The van der Waals surface area contributed by atoms with Gasteiger partial charge in [-0.3, -0.25) is 4.79 Å². The van der Waals surface area contributed by atoms with Crippen LogP contribution < -0.4 is 5.32 Å². The van der Waals surface area contributed by atoms with Crippen molar-refractivity contribution < 1.29 is 4.79 Å². The highest BCUT2D eigenvalue weighted by Gasteiger charge is 2.11. The molecule has 1 aromatic carbocycles. The summed E-state index contributed by atoms with van der Waals surface area (Å²) < 4.78 is 2.93. The maximum atomic E-state index is 12.2. The first-order valence-corrected chi connectivity index (χ1v) is 8.80. The van der Waals surface area contributed by atoms with Crippen molar-refractivity contribution in [1.82, 2.24) is 9.88 Å². The molecule has 1 N–H and O–H groups in total. The number of nitrogens with zero attached hydrogens (tertiary/aromatic N) is 1. The van der Waals surface area contributed by atoms with Crippen LogP contribution in [-0.2, 0) is 6.54 Å². The zero-order valence-corrected chi connectivity index (χ0v) is 14.4. The molecule has 21 heavy (non-hydrogen) atoms. The number of hydrogen-bond donors (Lipinski definition) is 1. The normalized spacial score (nSPS) is 10.6. The molecule has 0 bridgehead atoms. The molecule has 1 heterocycles. The van der Waals surface area contributed by atoms with Crippen molar-refractivity contribution in [2.75, 3.05) is 12.3 Å². The predicted octanol–water partition coefficient (Wildman–Crippen LogP) is 4.18. The summed E-state index contributed by atoms with van der Waals surface area (Å²) in [4.78, 5) is 13.4. The Morgan fingerprint density at radius 2 is 2.10 bits per heavy atom. The van der Waals surface area contributed by atoms with Crippen molar-refractivity contribution in [1.29, 1.82) is 0 Å². The number of nitrogens with one attached hydrogen (secondary N) is 1. The van der Waals surface area contributed by atoms with E-state index >= 15 is 0 Å². The van der Waals surface area contributed by atoms with E-state index < -0.39 is 0 Å². The predicted molar refractivity (Wildman–Crippen MR) is 91.9 cm³/mol. The maximum absolute atomic E-state index is 12.2. The molecule has 1 amide bonds. The lowest BCUT2D eigenvalue weighted by Gasteiger charge is -2.08. The molecule has 3 nitrogen and oxygen atoms in total. The Bertz CT molecular complexity index is 583. The van der Waals surface area contributed by atoms with E-state index in [1.165, 1.54) is 4.90 Å². The molecule has 0 atom stereocenters. The second-order valence-corrected chi connectivity index (χ2v) is 6.74. The first kappa shape index (κ1) is 16.2. The first-order chi connectivity index (χ1) is 10.2. The quantitative estimate of drug-likeness (QED) is 0.588. The summed E-state index contributed by atoms with van der Waals surface area (Å²) in [5.74, 6) is 0.855. The molecular weight excluding hydrogens is 348 g/mol. The van der Waals surface area contributed by atoms with Gasteiger partial charge in [0.15, 0.2) is 0 Å². The van der Waals surface area contributed by atoms with Crippen LogP contribution in [0.3, 0.4) is 0 Å². The molecule has 0 aliphatic heterocycles. The van der Waals surface area contributed by atoms with Crippen molar-refractivity contribution >= 4 is 33.6 Å².